The Morgan fingerprint density at radius 1 is 1.20 bits per heavy atom. The molecule has 3 heterocycles. The molecule has 0 bridgehead atoms. The van der Waals surface area contributed by atoms with Gasteiger partial charge >= 0.3 is 0 Å². The maximum Gasteiger partial charge on any atom is 0.257 e. The van der Waals surface area contributed by atoms with Crippen LogP contribution < -0.4 is 10.6 Å². The average Bonchev–Trinajstić information content (AvgIpc) is 3.44. The van der Waals surface area contributed by atoms with E-state index in [4.69, 9.17) is 0 Å². The van der Waals surface area contributed by atoms with Crippen molar-refractivity contribution in [1.29, 1.82) is 0 Å². The molecule has 2 fully saturated rings. The van der Waals surface area contributed by atoms with Crippen LogP contribution in [0.15, 0.2) is 30.5 Å². The Hall–Kier alpha value is -2.45. The first-order valence-electron chi connectivity index (χ1n) is 10.2. The number of nitrogens with zero attached hydrogens (tertiary/aromatic N) is 2. The SMILES string of the molecule is Cl.O=C(NCC1CCCN(C(=O)c2cn[nH]c2-c2ccc(F)cc2)C1)C1CCCN1. The van der Waals surface area contributed by atoms with Gasteiger partial charge in [0.25, 0.3) is 5.91 Å². The van der Waals surface area contributed by atoms with E-state index in [1.165, 1.54) is 18.3 Å². The predicted molar refractivity (Wildman–Crippen MR) is 114 cm³/mol. The molecule has 0 saturated carbocycles. The van der Waals surface area contributed by atoms with Gasteiger partial charge in [-0.2, -0.15) is 5.10 Å². The molecule has 4 rings (SSSR count). The van der Waals surface area contributed by atoms with Crippen LogP contribution in [0.5, 0.6) is 0 Å². The maximum absolute atomic E-state index is 13.2. The Morgan fingerprint density at radius 2 is 2.00 bits per heavy atom. The second kappa shape index (κ2) is 10.0. The van der Waals surface area contributed by atoms with Gasteiger partial charge in [-0.15, -0.1) is 12.4 Å². The summed E-state index contributed by atoms with van der Waals surface area (Å²) in [6, 6.07) is 5.91. The molecule has 9 heteroatoms. The van der Waals surface area contributed by atoms with Crippen molar-refractivity contribution in [3.63, 3.8) is 0 Å². The van der Waals surface area contributed by atoms with E-state index in [0.717, 1.165) is 37.8 Å². The van der Waals surface area contributed by atoms with Gasteiger partial charge in [-0.25, -0.2) is 4.39 Å². The van der Waals surface area contributed by atoms with Crippen LogP contribution in [0.1, 0.15) is 36.0 Å². The molecule has 2 atom stereocenters. The molecule has 2 amide bonds. The second-order valence-electron chi connectivity index (χ2n) is 7.82. The van der Waals surface area contributed by atoms with Gasteiger partial charge in [-0.1, -0.05) is 0 Å². The van der Waals surface area contributed by atoms with Gasteiger partial charge in [-0.05, 0) is 62.4 Å². The van der Waals surface area contributed by atoms with Crippen LogP contribution in [0.25, 0.3) is 11.3 Å². The number of hydrogen-bond donors (Lipinski definition) is 3. The van der Waals surface area contributed by atoms with Crippen molar-refractivity contribution in [2.45, 2.75) is 31.7 Å². The number of piperidine rings is 1. The Balaban J connectivity index is 0.00000256. The molecule has 2 unspecified atom stereocenters. The van der Waals surface area contributed by atoms with E-state index in [1.807, 2.05) is 4.90 Å². The van der Waals surface area contributed by atoms with E-state index in [1.54, 1.807) is 12.1 Å². The molecule has 3 N–H and O–H groups in total. The monoisotopic (exact) mass is 435 g/mol. The number of rotatable bonds is 5. The third kappa shape index (κ3) is 4.99. The summed E-state index contributed by atoms with van der Waals surface area (Å²) in [5.74, 6) is -0.125. The Labute approximate surface area is 181 Å². The summed E-state index contributed by atoms with van der Waals surface area (Å²) in [5, 5.41) is 13.1. The number of carbonyl (C=O) groups is 2. The Kier molecular flexibility index (Phi) is 7.44. The van der Waals surface area contributed by atoms with Crippen molar-refractivity contribution >= 4 is 24.2 Å². The number of likely N-dealkylation sites (tertiary alicyclic amines) is 1. The van der Waals surface area contributed by atoms with Gasteiger partial charge in [0.1, 0.15) is 5.82 Å². The number of benzene rings is 1. The van der Waals surface area contributed by atoms with Crippen molar-refractivity contribution < 1.29 is 14.0 Å². The lowest BCUT2D eigenvalue weighted by atomic mass is 9.96. The van der Waals surface area contributed by atoms with E-state index in [2.05, 4.69) is 20.8 Å². The summed E-state index contributed by atoms with van der Waals surface area (Å²) in [7, 11) is 0. The fourth-order valence-corrected chi connectivity index (χ4v) is 4.15. The van der Waals surface area contributed by atoms with Crippen LogP contribution in [-0.4, -0.2) is 59.1 Å². The number of aromatic nitrogens is 2. The van der Waals surface area contributed by atoms with Crippen molar-refractivity contribution in [2.75, 3.05) is 26.2 Å². The molecule has 0 aliphatic carbocycles. The highest BCUT2D eigenvalue weighted by Crippen LogP contribution is 2.25. The summed E-state index contributed by atoms with van der Waals surface area (Å²) in [5.41, 5.74) is 1.80. The minimum absolute atomic E-state index is 0. The van der Waals surface area contributed by atoms with Gasteiger partial charge in [0.2, 0.25) is 5.91 Å². The smallest absolute Gasteiger partial charge is 0.257 e. The zero-order valence-electron chi connectivity index (χ0n) is 16.7. The Morgan fingerprint density at radius 3 is 2.73 bits per heavy atom. The van der Waals surface area contributed by atoms with Crippen molar-refractivity contribution in [2.24, 2.45) is 5.92 Å². The van der Waals surface area contributed by atoms with Crippen molar-refractivity contribution in [3.05, 3.63) is 41.8 Å². The van der Waals surface area contributed by atoms with E-state index in [9.17, 15) is 14.0 Å². The molecule has 0 spiro atoms. The standard InChI is InChI=1S/C21H26FN5O2.ClH/c22-16-7-5-15(6-8-16)19-17(12-25-26-19)21(29)27-10-2-3-14(13-27)11-24-20(28)18-4-1-9-23-18;/h5-8,12,14,18,23H,1-4,9-11,13H2,(H,24,28)(H,25,26);1H. The molecular formula is C21H27ClFN5O2. The van der Waals surface area contributed by atoms with Crippen LogP contribution in [-0.2, 0) is 4.79 Å². The van der Waals surface area contributed by atoms with E-state index in [0.29, 0.717) is 30.9 Å². The first-order valence-corrected chi connectivity index (χ1v) is 10.2. The topological polar surface area (TPSA) is 90.1 Å². The first-order chi connectivity index (χ1) is 14.1. The van der Waals surface area contributed by atoms with Gasteiger partial charge in [0.05, 0.1) is 23.5 Å². The molecule has 2 saturated heterocycles. The van der Waals surface area contributed by atoms with E-state index < -0.39 is 0 Å². The van der Waals surface area contributed by atoms with Gasteiger partial charge in [-0.3, -0.25) is 14.7 Å². The van der Waals surface area contributed by atoms with Crippen LogP contribution in [0, 0.1) is 11.7 Å². The average molecular weight is 436 g/mol. The fraction of sp³-hybridized carbons (Fsp3) is 0.476. The molecule has 2 aromatic rings. The predicted octanol–water partition coefficient (Wildman–Crippen LogP) is 2.36. The second-order valence-corrected chi connectivity index (χ2v) is 7.82. The molecule has 2 aliphatic rings. The number of amides is 2. The minimum Gasteiger partial charge on any atom is -0.354 e. The lowest BCUT2D eigenvalue weighted by Gasteiger charge is -2.33. The molecule has 30 heavy (non-hydrogen) atoms. The van der Waals surface area contributed by atoms with E-state index in [-0.39, 0.29) is 42.0 Å². The minimum atomic E-state index is -0.324. The Bertz CT molecular complexity index is 867. The molecule has 2 aliphatic heterocycles. The summed E-state index contributed by atoms with van der Waals surface area (Å²) in [4.78, 5) is 27.2. The van der Waals surface area contributed by atoms with Crippen LogP contribution >= 0.6 is 12.4 Å². The largest absolute Gasteiger partial charge is 0.354 e. The molecule has 7 nitrogen and oxygen atoms in total. The number of H-pyrrole nitrogens is 1. The van der Waals surface area contributed by atoms with Crippen LogP contribution in [0.2, 0.25) is 0 Å². The number of aromatic amines is 1. The lowest BCUT2D eigenvalue weighted by molar-refractivity contribution is -0.123. The van der Waals surface area contributed by atoms with Crippen LogP contribution in [0.3, 0.4) is 0 Å². The third-order valence-electron chi connectivity index (χ3n) is 5.75. The zero-order valence-corrected chi connectivity index (χ0v) is 17.5. The highest BCUT2D eigenvalue weighted by molar-refractivity contribution is 5.99. The lowest BCUT2D eigenvalue weighted by Crippen LogP contribution is -2.46. The number of halogens is 2. The van der Waals surface area contributed by atoms with Gasteiger partial charge in [0, 0.05) is 25.2 Å². The molecule has 1 aromatic carbocycles. The normalized spacial score (nSPS) is 21.2. The summed E-state index contributed by atoms with van der Waals surface area (Å²) in [6.45, 7) is 2.76. The molecule has 162 valence electrons. The summed E-state index contributed by atoms with van der Waals surface area (Å²) >= 11 is 0. The number of nitrogens with one attached hydrogen (secondary N) is 3. The van der Waals surface area contributed by atoms with Gasteiger partial charge < -0.3 is 15.5 Å². The third-order valence-corrected chi connectivity index (χ3v) is 5.75. The van der Waals surface area contributed by atoms with Crippen molar-refractivity contribution in [1.82, 2.24) is 25.7 Å². The zero-order chi connectivity index (χ0) is 20.2. The summed E-state index contributed by atoms with van der Waals surface area (Å²) in [6.07, 6.45) is 5.33. The highest BCUT2D eigenvalue weighted by Gasteiger charge is 2.28. The van der Waals surface area contributed by atoms with E-state index >= 15 is 0 Å². The maximum atomic E-state index is 13.2. The number of carbonyl (C=O) groups excluding carboxylic acids is 2. The van der Waals surface area contributed by atoms with Crippen molar-refractivity contribution in [3.8, 4) is 11.3 Å². The molecular weight excluding hydrogens is 409 g/mol. The highest BCUT2D eigenvalue weighted by atomic mass is 35.5. The number of hydrogen-bond acceptors (Lipinski definition) is 4. The first kappa shape index (κ1) is 22.2. The summed E-state index contributed by atoms with van der Waals surface area (Å²) < 4.78 is 13.2. The van der Waals surface area contributed by atoms with Gasteiger partial charge in [0.15, 0.2) is 0 Å². The van der Waals surface area contributed by atoms with Crippen LogP contribution in [0.4, 0.5) is 4.39 Å². The molecule has 0 radical (unpaired) electrons. The fourth-order valence-electron chi connectivity index (χ4n) is 4.15. The molecule has 1 aromatic heterocycles. The quantitative estimate of drug-likeness (QED) is 0.672.